The first-order valence-electron chi connectivity index (χ1n) is 8.15. The number of likely N-dealkylation sites (N-methyl/N-ethyl adjacent to an activating group) is 1. The van der Waals surface area contributed by atoms with Crippen molar-refractivity contribution in [2.75, 3.05) is 18.4 Å². The van der Waals surface area contributed by atoms with Gasteiger partial charge in [-0.3, -0.25) is 4.79 Å². The zero-order valence-corrected chi connectivity index (χ0v) is 15.1. The van der Waals surface area contributed by atoms with E-state index in [1.165, 1.54) is 16.0 Å². The Kier molecular flexibility index (Phi) is 4.83. The number of quaternary nitrogens is 1. The molecule has 0 bridgehead atoms. The molecule has 0 aromatic heterocycles. The molecule has 0 saturated heterocycles. The number of halogens is 1. The van der Waals surface area contributed by atoms with E-state index in [9.17, 15) is 4.79 Å². The largest absolute Gasteiger partial charge is 0.324 e. The third-order valence-electron chi connectivity index (χ3n) is 4.73. The van der Waals surface area contributed by atoms with E-state index in [2.05, 4.69) is 53.3 Å². The van der Waals surface area contributed by atoms with Gasteiger partial charge in [0.05, 0.1) is 19.0 Å². The van der Waals surface area contributed by atoms with Gasteiger partial charge in [-0.2, -0.15) is 0 Å². The second-order valence-electron chi connectivity index (χ2n) is 5.95. The van der Waals surface area contributed by atoms with Crippen LogP contribution in [0.4, 0.5) is 5.69 Å². The summed E-state index contributed by atoms with van der Waals surface area (Å²) >= 11 is 3.58. The van der Waals surface area contributed by atoms with E-state index >= 15 is 0 Å². The molecule has 0 unspecified atom stereocenters. The van der Waals surface area contributed by atoms with E-state index < -0.39 is 0 Å². The molecule has 0 radical (unpaired) electrons. The summed E-state index contributed by atoms with van der Waals surface area (Å²) in [4.78, 5) is 14.1. The predicted molar refractivity (Wildman–Crippen MR) is 96.9 cm³/mol. The van der Waals surface area contributed by atoms with Gasteiger partial charge in [-0.15, -0.1) is 0 Å². The quantitative estimate of drug-likeness (QED) is 0.848. The van der Waals surface area contributed by atoms with Gasteiger partial charge < -0.3 is 10.2 Å². The Hall–Kier alpha value is -1.65. The molecule has 2 atom stereocenters. The molecule has 0 fully saturated rings. The van der Waals surface area contributed by atoms with Gasteiger partial charge >= 0.3 is 0 Å². The molecule has 120 valence electrons. The number of carbonyl (C=O) groups is 1. The molecule has 3 rings (SSSR count). The van der Waals surface area contributed by atoms with Crippen LogP contribution in [0.5, 0.6) is 0 Å². The molecule has 4 heteroatoms. The van der Waals surface area contributed by atoms with E-state index in [1.54, 1.807) is 0 Å². The Labute approximate surface area is 145 Å². The van der Waals surface area contributed by atoms with Crippen molar-refractivity contribution in [2.24, 2.45) is 0 Å². The fourth-order valence-electron chi connectivity index (χ4n) is 3.59. The van der Waals surface area contributed by atoms with Crippen molar-refractivity contribution < 1.29 is 9.69 Å². The first-order valence-corrected chi connectivity index (χ1v) is 8.94. The maximum atomic E-state index is 12.8. The molecule has 1 aliphatic rings. The van der Waals surface area contributed by atoms with Crippen LogP contribution in [-0.2, 0) is 4.79 Å². The minimum atomic E-state index is -0.103. The van der Waals surface area contributed by atoms with Gasteiger partial charge in [0.1, 0.15) is 0 Å². The summed E-state index contributed by atoms with van der Waals surface area (Å²) in [7, 11) is 0. The highest BCUT2D eigenvalue weighted by Crippen LogP contribution is 2.37. The lowest BCUT2D eigenvalue weighted by molar-refractivity contribution is -0.913. The van der Waals surface area contributed by atoms with Gasteiger partial charge in [0.25, 0.3) is 5.91 Å². The van der Waals surface area contributed by atoms with Crippen LogP contribution in [0, 0.1) is 0 Å². The lowest BCUT2D eigenvalue weighted by Gasteiger charge is -2.37. The molecule has 2 aromatic rings. The zero-order valence-electron chi connectivity index (χ0n) is 13.5. The summed E-state index contributed by atoms with van der Waals surface area (Å²) in [6.07, 6.45) is 0. The molecule has 1 heterocycles. The van der Waals surface area contributed by atoms with Crippen molar-refractivity contribution in [1.82, 2.24) is 0 Å². The Morgan fingerprint density at radius 3 is 2.43 bits per heavy atom. The van der Waals surface area contributed by atoms with Crippen LogP contribution in [0.1, 0.15) is 30.9 Å². The van der Waals surface area contributed by atoms with E-state index in [1.807, 2.05) is 30.3 Å². The van der Waals surface area contributed by atoms with Crippen molar-refractivity contribution in [3.63, 3.8) is 0 Å². The highest BCUT2D eigenvalue weighted by molar-refractivity contribution is 9.10. The number of carbonyl (C=O) groups excluding carboxylic acids is 1. The summed E-state index contributed by atoms with van der Waals surface area (Å²) in [5, 5.41) is 3.11. The van der Waals surface area contributed by atoms with Crippen LogP contribution in [0.25, 0.3) is 0 Å². The summed E-state index contributed by atoms with van der Waals surface area (Å²) in [6.45, 7) is 6.15. The van der Waals surface area contributed by atoms with Gasteiger partial charge in [-0.05, 0) is 43.2 Å². The maximum absolute atomic E-state index is 12.8. The Morgan fingerprint density at radius 1 is 1.09 bits per heavy atom. The Bertz CT molecular complexity index is 698. The molecule has 2 N–H and O–H groups in total. The molecule has 23 heavy (non-hydrogen) atoms. The highest BCUT2D eigenvalue weighted by Gasteiger charge is 2.42. The molecule has 3 nitrogen and oxygen atoms in total. The number of rotatable bonds is 4. The molecule has 1 aliphatic heterocycles. The topological polar surface area (TPSA) is 33.5 Å². The van der Waals surface area contributed by atoms with Crippen LogP contribution >= 0.6 is 15.9 Å². The second-order valence-corrected chi connectivity index (χ2v) is 6.87. The monoisotopic (exact) mass is 373 g/mol. The SMILES string of the molecule is CC[NH+](CC)[C@@H]1C(=O)Nc2ccc(Br)cc2[C@H]1c1ccccc1. The van der Waals surface area contributed by atoms with Gasteiger partial charge in [0.15, 0.2) is 6.04 Å². The number of fused-ring (bicyclic) bond motifs is 1. The average molecular weight is 374 g/mol. The van der Waals surface area contributed by atoms with Crippen molar-refractivity contribution >= 4 is 27.5 Å². The number of amides is 1. The van der Waals surface area contributed by atoms with Crippen LogP contribution in [-0.4, -0.2) is 25.0 Å². The van der Waals surface area contributed by atoms with Crippen molar-refractivity contribution in [2.45, 2.75) is 25.8 Å². The normalized spacial score (nSPS) is 20.3. The standard InChI is InChI=1S/C19H21BrN2O/c1-3-22(4-2)18-17(13-8-6-5-7-9-13)15-12-14(20)10-11-16(15)21-19(18)23/h5-12,17-18H,3-4H2,1-2H3,(H,21,23)/p+1/t17-,18+/m1/s1. The van der Waals surface area contributed by atoms with E-state index in [0.717, 1.165) is 23.2 Å². The number of hydrogen-bond donors (Lipinski definition) is 2. The summed E-state index contributed by atoms with van der Waals surface area (Å²) in [5.41, 5.74) is 3.32. The number of benzene rings is 2. The second kappa shape index (κ2) is 6.85. The van der Waals surface area contributed by atoms with Gasteiger partial charge in [-0.25, -0.2) is 0 Å². The molecule has 2 aromatic carbocycles. The van der Waals surface area contributed by atoms with Crippen LogP contribution in [0.2, 0.25) is 0 Å². The van der Waals surface area contributed by atoms with Gasteiger partial charge in [0.2, 0.25) is 0 Å². The van der Waals surface area contributed by atoms with Crippen LogP contribution < -0.4 is 10.2 Å². The lowest BCUT2D eigenvalue weighted by Crippen LogP contribution is -3.17. The summed E-state index contributed by atoms with van der Waals surface area (Å²) < 4.78 is 1.04. The average Bonchev–Trinajstić information content (AvgIpc) is 2.57. The molecule has 0 saturated carbocycles. The fourth-order valence-corrected chi connectivity index (χ4v) is 3.97. The number of nitrogens with one attached hydrogen (secondary N) is 2. The smallest absolute Gasteiger partial charge is 0.283 e. The summed E-state index contributed by atoms with van der Waals surface area (Å²) in [6, 6.07) is 16.4. The molecule has 0 spiro atoms. The molecule has 1 amide bonds. The number of anilines is 1. The molecular weight excluding hydrogens is 352 g/mol. The van der Waals surface area contributed by atoms with Crippen molar-refractivity contribution in [3.05, 3.63) is 64.1 Å². The van der Waals surface area contributed by atoms with Crippen LogP contribution in [0.15, 0.2) is 53.0 Å². The molecule has 0 aliphatic carbocycles. The minimum Gasteiger partial charge on any atom is -0.324 e. The van der Waals surface area contributed by atoms with Gasteiger partial charge in [0, 0.05) is 10.2 Å². The van der Waals surface area contributed by atoms with Crippen molar-refractivity contribution in [1.29, 1.82) is 0 Å². The zero-order chi connectivity index (χ0) is 16.4. The van der Waals surface area contributed by atoms with Crippen molar-refractivity contribution in [3.8, 4) is 0 Å². The van der Waals surface area contributed by atoms with E-state index in [4.69, 9.17) is 0 Å². The van der Waals surface area contributed by atoms with E-state index in [0.29, 0.717) is 0 Å². The molecular formula is C19H22BrN2O+. The highest BCUT2D eigenvalue weighted by atomic mass is 79.9. The van der Waals surface area contributed by atoms with Gasteiger partial charge in [-0.1, -0.05) is 46.3 Å². The fraction of sp³-hybridized carbons (Fsp3) is 0.316. The first-order chi connectivity index (χ1) is 11.2. The van der Waals surface area contributed by atoms with Crippen LogP contribution in [0.3, 0.4) is 0 Å². The Balaban J connectivity index is 2.17. The third kappa shape index (κ3) is 3.06. The Morgan fingerprint density at radius 2 is 1.78 bits per heavy atom. The first kappa shape index (κ1) is 16.2. The maximum Gasteiger partial charge on any atom is 0.283 e. The minimum absolute atomic E-state index is 0.0762. The van der Waals surface area contributed by atoms with E-state index in [-0.39, 0.29) is 17.9 Å². The lowest BCUT2D eigenvalue weighted by atomic mass is 9.80. The number of hydrogen-bond acceptors (Lipinski definition) is 1. The third-order valence-corrected chi connectivity index (χ3v) is 5.22. The summed E-state index contributed by atoms with van der Waals surface area (Å²) in [5.74, 6) is 0.194. The predicted octanol–water partition coefficient (Wildman–Crippen LogP) is 2.83.